The molecule has 2 aromatic heterocycles. The van der Waals surface area contributed by atoms with Gasteiger partial charge in [0, 0.05) is 27.1 Å². The Morgan fingerprint density at radius 2 is 1.82 bits per heavy atom. The van der Waals surface area contributed by atoms with Crippen LogP contribution in [0.4, 0.5) is 0 Å². The molecule has 0 bridgehead atoms. The molecule has 5 rings (SSSR count). The molecule has 1 aliphatic heterocycles. The second-order valence-corrected chi connectivity index (χ2v) is 11.9. The molecular formula is C31H32N2S. The van der Waals surface area contributed by atoms with Crippen molar-refractivity contribution in [2.45, 2.75) is 46.5 Å². The van der Waals surface area contributed by atoms with Crippen molar-refractivity contribution in [3.05, 3.63) is 98.2 Å². The third kappa shape index (κ3) is 4.33. The minimum atomic E-state index is 0.0404. The van der Waals surface area contributed by atoms with Crippen molar-refractivity contribution >= 4 is 40.1 Å². The van der Waals surface area contributed by atoms with Crippen LogP contribution < -0.4 is 19.2 Å². The van der Waals surface area contributed by atoms with Gasteiger partial charge >= 0.3 is 0 Å². The van der Waals surface area contributed by atoms with Gasteiger partial charge in [-0.25, -0.2) is 0 Å². The first-order valence-electron chi connectivity index (χ1n) is 12.0. The Bertz CT molecular complexity index is 1630. The van der Waals surface area contributed by atoms with Gasteiger partial charge in [0.2, 0.25) is 5.69 Å². The molecule has 172 valence electrons. The third-order valence-electron chi connectivity index (χ3n) is 6.36. The minimum absolute atomic E-state index is 0.0404. The Morgan fingerprint density at radius 3 is 2.59 bits per heavy atom. The second kappa shape index (κ2) is 8.56. The number of thiophene rings is 1. The molecule has 0 saturated heterocycles. The summed E-state index contributed by atoms with van der Waals surface area (Å²) in [7, 11) is 0. The topological polar surface area (TPSA) is 20.0 Å². The Morgan fingerprint density at radius 1 is 1.03 bits per heavy atom. The van der Waals surface area contributed by atoms with Crippen LogP contribution in [-0.2, 0) is 11.8 Å². The van der Waals surface area contributed by atoms with E-state index in [1.165, 1.54) is 36.5 Å². The van der Waals surface area contributed by atoms with Crippen molar-refractivity contribution in [1.82, 2.24) is 0 Å². The molecule has 0 unspecified atom stereocenters. The molecule has 0 spiro atoms. The highest BCUT2D eigenvalue weighted by Crippen LogP contribution is 2.33. The van der Waals surface area contributed by atoms with Crippen molar-refractivity contribution in [3.63, 3.8) is 0 Å². The lowest BCUT2D eigenvalue weighted by Crippen LogP contribution is -2.24. The summed E-state index contributed by atoms with van der Waals surface area (Å²) in [6, 6.07) is 19.9. The van der Waals surface area contributed by atoms with Crippen LogP contribution in [0.25, 0.3) is 45.3 Å². The van der Waals surface area contributed by atoms with E-state index in [9.17, 15) is 0 Å². The molecule has 4 aromatic rings. The van der Waals surface area contributed by atoms with Crippen LogP contribution in [0, 0.1) is 12.6 Å². The fraction of sp³-hybridized carbons (Fsp3) is 0.258. The number of benzene rings is 2. The van der Waals surface area contributed by atoms with Crippen molar-refractivity contribution in [1.29, 1.82) is 0 Å². The maximum Gasteiger partial charge on any atom is 0.217 e. The van der Waals surface area contributed by atoms with Crippen molar-refractivity contribution in [2.75, 3.05) is 0 Å². The van der Waals surface area contributed by atoms with E-state index >= 15 is 0 Å². The van der Waals surface area contributed by atoms with Crippen LogP contribution in [0.3, 0.4) is 0 Å². The number of pyridine rings is 1. The van der Waals surface area contributed by atoms with Crippen molar-refractivity contribution < 1.29 is 4.24 Å². The summed E-state index contributed by atoms with van der Waals surface area (Å²) in [5, 5.41) is 9.73. The zero-order valence-electron chi connectivity index (χ0n) is 20.7. The highest BCUT2D eigenvalue weighted by Gasteiger charge is 2.20. The summed E-state index contributed by atoms with van der Waals surface area (Å²) in [5.74, 6) is 0.657. The Hall–Kier alpha value is -3.17. The van der Waals surface area contributed by atoms with Gasteiger partial charge in [-0.2, -0.15) is 10.4 Å². The van der Waals surface area contributed by atoms with E-state index in [4.69, 9.17) is 5.32 Å². The third-order valence-corrected chi connectivity index (χ3v) is 7.48. The number of rotatable bonds is 3. The summed E-state index contributed by atoms with van der Waals surface area (Å²) < 4.78 is 3.26. The average Bonchev–Trinajstić information content (AvgIpc) is 3.18. The van der Waals surface area contributed by atoms with Gasteiger partial charge in [0.15, 0.2) is 6.20 Å². The lowest BCUT2D eigenvalue weighted by Gasteiger charge is -2.22. The van der Waals surface area contributed by atoms with E-state index in [0.717, 1.165) is 23.0 Å². The first-order chi connectivity index (χ1) is 16.2. The minimum Gasteiger partial charge on any atom is -0.663 e. The van der Waals surface area contributed by atoms with Crippen molar-refractivity contribution in [2.24, 2.45) is 5.92 Å². The van der Waals surface area contributed by atoms with E-state index < -0.39 is 0 Å². The number of aromatic nitrogens is 1. The molecule has 0 atom stereocenters. The summed E-state index contributed by atoms with van der Waals surface area (Å²) in [6.45, 7) is 15.7. The molecule has 0 aliphatic carbocycles. The zero-order valence-corrected chi connectivity index (χ0v) is 21.5. The van der Waals surface area contributed by atoms with Gasteiger partial charge in [0.05, 0.1) is 0 Å². The smallest absolute Gasteiger partial charge is 0.217 e. The van der Waals surface area contributed by atoms with Gasteiger partial charge < -0.3 is 5.32 Å². The molecular weight excluding hydrogens is 432 g/mol. The number of hydrogen-bond acceptors (Lipinski definition) is 1. The summed E-state index contributed by atoms with van der Waals surface area (Å²) >= 11 is 1.89. The molecule has 0 fully saturated rings. The van der Waals surface area contributed by atoms with Gasteiger partial charge in [-0.1, -0.05) is 65.0 Å². The maximum atomic E-state index is 4.82. The molecule has 0 saturated carbocycles. The van der Waals surface area contributed by atoms with Crippen LogP contribution in [-0.4, -0.2) is 0 Å². The Labute approximate surface area is 205 Å². The normalized spacial score (nSPS) is 15.0. The lowest BCUT2D eigenvalue weighted by atomic mass is 9.82. The van der Waals surface area contributed by atoms with Crippen LogP contribution in [0.1, 0.15) is 45.1 Å². The SMILES string of the molecule is C=[n+]1ccc(=C2C=c3sc(CC(C)C)cc3=C[N-]2)cc1-c1cc(C(C)(C)C)c2ccccc2c1. The molecule has 2 nitrogen and oxygen atoms in total. The largest absolute Gasteiger partial charge is 0.663 e. The summed E-state index contributed by atoms with van der Waals surface area (Å²) in [6.07, 6.45) is 7.41. The molecule has 34 heavy (non-hydrogen) atoms. The monoisotopic (exact) mass is 464 g/mol. The fourth-order valence-electron chi connectivity index (χ4n) is 4.67. The van der Waals surface area contributed by atoms with Crippen molar-refractivity contribution in [3.8, 4) is 11.3 Å². The second-order valence-electron chi connectivity index (χ2n) is 10.7. The van der Waals surface area contributed by atoms with E-state index in [2.05, 4.69) is 102 Å². The Kier molecular flexibility index (Phi) is 5.69. The molecule has 0 amide bonds. The van der Waals surface area contributed by atoms with Crippen LogP contribution >= 0.6 is 11.3 Å². The molecule has 0 radical (unpaired) electrons. The zero-order chi connectivity index (χ0) is 24.0. The van der Waals surface area contributed by atoms with E-state index in [-0.39, 0.29) is 5.41 Å². The fourth-order valence-corrected chi connectivity index (χ4v) is 5.95. The molecule has 3 heterocycles. The average molecular weight is 465 g/mol. The van der Waals surface area contributed by atoms with Gasteiger partial charge in [0.25, 0.3) is 0 Å². The highest BCUT2D eigenvalue weighted by molar-refractivity contribution is 7.09. The van der Waals surface area contributed by atoms with Crippen LogP contribution in [0.2, 0.25) is 0 Å². The molecule has 1 aliphatic rings. The van der Waals surface area contributed by atoms with E-state index in [1.54, 1.807) is 0 Å². The number of fused-ring (bicyclic) bond motifs is 2. The quantitative estimate of drug-likeness (QED) is 0.346. The van der Waals surface area contributed by atoms with Gasteiger partial charge in [-0.15, -0.1) is 17.0 Å². The predicted molar refractivity (Wildman–Crippen MR) is 146 cm³/mol. The summed E-state index contributed by atoms with van der Waals surface area (Å²) in [4.78, 5) is 1.43. The highest BCUT2D eigenvalue weighted by atomic mass is 32.1. The van der Waals surface area contributed by atoms with Crippen LogP contribution in [0.15, 0.2) is 60.8 Å². The maximum absolute atomic E-state index is 4.82. The van der Waals surface area contributed by atoms with Crippen LogP contribution in [0.5, 0.6) is 0 Å². The van der Waals surface area contributed by atoms with E-state index in [1.807, 2.05) is 28.0 Å². The molecule has 0 N–H and O–H groups in total. The first-order valence-corrected chi connectivity index (χ1v) is 12.8. The summed E-state index contributed by atoms with van der Waals surface area (Å²) in [5.41, 5.74) is 4.66. The first kappa shape index (κ1) is 22.6. The van der Waals surface area contributed by atoms with E-state index in [0.29, 0.717) is 5.92 Å². The molecule has 3 heteroatoms. The van der Waals surface area contributed by atoms with Gasteiger partial charge in [-0.05, 0) is 62.7 Å². The Balaban J connectivity index is 1.68. The predicted octanol–water partition coefficient (Wildman–Crippen LogP) is 5.71. The number of hydrogen-bond donors (Lipinski definition) is 0. The molecule has 2 aromatic carbocycles. The number of nitrogens with zero attached hydrogens (tertiary/aromatic N) is 2. The van der Waals surface area contributed by atoms with Gasteiger partial charge in [0.1, 0.15) is 6.72 Å². The lowest BCUT2D eigenvalue weighted by molar-refractivity contribution is -0.486. The van der Waals surface area contributed by atoms with Gasteiger partial charge in [-0.3, -0.25) is 0 Å². The standard InChI is InChI=1S/C31H32N2S/c1-20(2)13-25-15-24-19-32-28(18-30(24)34-25)22-11-12-33(6)29(17-22)23-14-21-9-7-8-10-26(21)27(16-23)31(3,4)5/h7-12,14-20H,6,13H2,1-5H3.